The summed E-state index contributed by atoms with van der Waals surface area (Å²) in [6, 6.07) is 10.7. The summed E-state index contributed by atoms with van der Waals surface area (Å²) in [5.41, 5.74) is 0.377. The second-order valence-electron chi connectivity index (χ2n) is 9.19. The summed E-state index contributed by atoms with van der Waals surface area (Å²) in [6.07, 6.45) is 2.34. The molecule has 4 rings (SSSR count). The van der Waals surface area contributed by atoms with Crippen LogP contribution in [-0.2, 0) is 10.0 Å². The summed E-state index contributed by atoms with van der Waals surface area (Å²) in [5.74, 6) is 0.502. The van der Waals surface area contributed by atoms with E-state index in [1.807, 2.05) is 13.1 Å². The Morgan fingerprint density at radius 2 is 1.82 bits per heavy atom. The van der Waals surface area contributed by atoms with Gasteiger partial charge in [-0.2, -0.15) is 4.31 Å². The Balaban J connectivity index is 1.44. The normalized spacial score (nSPS) is 20.5. The minimum Gasteiger partial charge on any atom is -0.350 e. The first-order chi connectivity index (χ1) is 15.8. The molecule has 1 aromatic heterocycles. The highest BCUT2D eigenvalue weighted by Crippen LogP contribution is 2.29. The first-order valence-corrected chi connectivity index (χ1v) is 14.0. The molecular formula is C24H34N4O3S2. The molecule has 0 saturated carbocycles. The van der Waals surface area contributed by atoms with Crippen LogP contribution in [0.3, 0.4) is 0 Å². The number of carbonyl (C=O) groups excluding carboxylic acids is 1. The molecule has 2 fully saturated rings. The van der Waals surface area contributed by atoms with Gasteiger partial charge in [0.1, 0.15) is 0 Å². The van der Waals surface area contributed by atoms with Crippen LogP contribution in [-0.4, -0.2) is 81.3 Å². The summed E-state index contributed by atoms with van der Waals surface area (Å²) in [6.45, 7) is 7.19. The van der Waals surface area contributed by atoms with Crippen molar-refractivity contribution < 1.29 is 13.2 Å². The second-order valence-corrected chi connectivity index (χ2v) is 12.1. The van der Waals surface area contributed by atoms with Crippen LogP contribution in [0.5, 0.6) is 0 Å². The third-order valence-electron chi connectivity index (χ3n) is 6.78. The first-order valence-electron chi connectivity index (χ1n) is 11.7. The SMILES string of the molecule is CC1CCN([C@@H](CNC(=O)c2cccc(S(=O)(=O)N3CCN(C)CC3)c2)c2cccs2)CC1. The number of benzene rings is 1. The van der Waals surface area contributed by atoms with E-state index >= 15 is 0 Å². The fourth-order valence-corrected chi connectivity index (χ4v) is 6.83. The van der Waals surface area contributed by atoms with E-state index in [-0.39, 0.29) is 16.8 Å². The largest absolute Gasteiger partial charge is 0.350 e. The maximum absolute atomic E-state index is 13.1. The molecule has 180 valence electrons. The van der Waals surface area contributed by atoms with E-state index in [9.17, 15) is 13.2 Å². The van der Waals surface area contributed by atoms with E-state index in [0.717, 1.165) is 19.0 Å². The molecule has 9 heteroatoms. The Kier molecular flexibility index (Phi) is 7.86. The molecular weight excluding hydrogens is 456 g/mol. The van der Waals surface area contributed by atoms with E-state index in [0.29, 0.717) is 38.3 Å². The van der Waals surface area contributed by atoms with Crippen LogP contribution in [0.4, 0.5) is 0 Å². The molecule has 3 heterocycles. The zero-order chi connectivity index (χ0) is 23.4. The summed E-state index contributed by atoms with van der Waals surface area (Å²) in [7, 11) is -1.62. The van der Waals surface area contributed by atoms with Crippen molar-refractivity contribution in [3.63, 3.8) is 0 Å². The predicted octanol–water partition coefficient (Wildman–Crippen LogP) is 2.89. The summed E-state index contributed by atoms with van der Waals surface area (Å²) in [5, 5.41) is 5.14. The van der Waals surface area contributed by atoms with Crippen molar-refractivity contribution in [2.75, 3.05) is 52.9 Å². The molecule has 2 saturated heterocycles. The van der Waals surface area contributed by atoms with Gasteiger partial charge in [0.05, 0.1) is 10.9 Å². The summed E-state index contributed by atoms with van der Waals surface area (Å²) >= 11 is 1.71. The number of thiophene rings is 1. The number of piperazine rings is 1. The molecule has 2 aliphatic heterocycles. The molecule has 0 aliphatic carbocycles. The molecule has 1 aromatic carbocycles. The number of amides is 1. The number of rotatable bonds is 7. The number of likely N-dealkylation sites (tertiary alicyclic amines) is 1. The minimum absolute atomic E-state index is 0.138. The van der Waals surface area contributed by atoms with Crippen molar-refractivity contribution in [3.05, 3.63) is 52.2 Å². The van der Waals surface area contributed by atoms with Gasteiger partial charge in [0.15, 0.2) is 0 Å². The number of hydrogen-bond donors (Lipinski definition) is 1. The molecule has 1 amide bonds. The van der Waals surface area contributed by atoms with Crippen molar-refractivity contribution in [3.8, 4) is 0 Å². The highest BCUT2D eigenvalue weighted by molar-refractivity contribution is 7.89. The highest BCUT2D eigenvalue weighted by Gasteiger charge is 2.29. The summed E-state index contributed by atoms with van der Waals surface area (Å²) in [4.78, 5) is 19.0. The number of nitrogens with zero attached hydrogens (tertiary/aromatic N) is 3. The lowest BCUT2D eigenvalue weighted by Crippen LogP contribution is -2.47. The average Bonchev–Trinajstić information content (AvgIpc) is 3.35. The van der Waals surface area contributed by atoms with Gasteiger partial charge in [-0.1, -0.05) is 19.1 Å². The zero-order valence-electron chi connectivity index (χ0n) is 19.4. The standard InChI is InChI=1S/C24H34N4O3S2/c1-19-8-10-27(11-9-19)22(23-7-4-16-32-23)18-25-24(29)20-5-3-6-21(17-20)33(30,31)28-14-12-26(2)13-15-28/h3-7,16-17,19,22H,8-15,18H2,1-2H3,(H,25,29)/t22-/m0/s1. The molecule has 1 N–H and O–H groups in total. The van der Waals surface area contributed by atoms with Crippen LogP contribution in [0, 0.1) is 5.92 Å². The first kappa shape index (κ1) is 24.3. The monoisotopic (exact) mass is 490 g/mol. The number of nitrogens with one attached hydrogen (secondary N) is 1. The van der Waals surface area contributed by atoms with Crippen molar-refractivity contribution in [1.29, 1.82) is 0 Å². The van der Waals surface area contributed by atoms with Crippen LogP contribution < -0.4 is 5.32 Å². The number of piperidine rings is 1. The fraction of sp³-hybridized carbons (Fsp3) is 0.542. The van der Waals surface area contributed by atoms with Gasteiger partial charge in [0, 0.05) is 43.2 Å². The molecule has 0 radical (unpaired) electrons. The summed E-state index contributed by atoms with van der Waals surface area (Å²) < 4.78 is 27.7. The molecule has 1 atom stereocenters. The van der Waals surface area contributed by atoms with E-state index in [1.54, 1.807) is 29.5 Å². The molecule has 0 bridgehead atoms. The molecule has 33 heavy (non-hydrogen) atoms. The number of carbonyl (C=O) groups is 1. The van der Waals surface area contributed by atoms with E-state index in [2.05, 4.69) is 33.5 Å². The van der Waals surface area contributed by atoms with E-state index in [1.165, 1.54) is 28.1 Å². The Labute approximate surface area is 201 Å². The maximum atomic E-state index is 13.1. The third-order valence-corrected chi connectivity index (χ3v) is 9.65. The van der Waals surface area contributed by atoms with Crippen LogP contribution in [0.15, 0.2) is 46.7 Å². The lowest BCUT2D eigenvalue weighted by Gasteiger charge is -2.36. The van der Waals surface area contributed by atoms with Gasteiger partial charge < -0.3 is 10.2 Å². The lowest BCUT2D eigenvalue weighted by atomic mass is 9.97. The van der Waals surface area contributed by atoms with Crippen LogP contribution >= 0.6 is 11.3 Å². The van der Waals surface area contributed by atoms with Crippen LogP contribution in [0.2, 0.25) is 0 Å². The lowest BCUT2D eigenvalue weighted by molar-refractivity contribution is 0.0914. The quantitative estimate of drug-likeness (QED) is 0.646. The molecule has 2 aromatic rings. The van der Waals surface area contributed by atoms with Crippen molar-refractivity contribution >= 4 is 27.3 Å². The molecule has 2 aliphatic rings. The van der Waals surface area contributed by atoms with Crippen molar-refractivity contribution in [2.45, 2.75) is 30.7 Å². The topological polar surface area (TPSA) is 73.0 Å². The zero-order valence-corrected chi connectivity index (χ0v) is 21.1. The maximum Gasteiger partial charge on any atom is 0.251 e. The van der Waals surface area contributed by atoms with Crippen molar-refractivity contribution in [2.24, 2.45) is 5.92 Å². The Morgan fingerprint density at radius 1 is 1.09 bits per heavy atom. The van der Waals surface area contributed by atoms with Crippen LogP contribution in [0.25, 0.3) is 0 Å². The van der Waals surface area contributed by atoms with E-state index < -0.39 is 10.0 Å². The van der Waals surface area contributed by atoms with Crippen molar-refractivity contribution in [1.82, 2.24) is 19.4 Å². The molecule has 0 unspecified atom stereocenters. The average molecular weight is 491 g/mol. The van der Waals surface area contributed by atoms with Gasteiger partial charge in [-0.05, 0) is 68.5 Å². The van der Waals surface area contributed by atoms with E-state index in [4.69, 9.17) is 0 Å². The molecule has 7 nitrogen and oxygen atoms in total. The van der Waals surface area contributed by atoms with Gasteiger partial charge >= 0.3 is 0 Å². The number of sulfonamides is 1. The minimum atomic E-state index is -3.61. The van der Waals surface area contributed by atoms with Gasteiger partial charge in [-0.25, -0.2) is 8.42 Å². The number of likely N-dealkylation sites (N-methyl/N-ethyl adjacent to an activating group) is 1. The van der Waals surface area contributed by atoms with Gasteiger partial charge in [-0.3, -0.25) is 9.69 Å². The predicted molar refractivity (Wildman–Crippen MR) is 132 cm³/mol. The van der Waals surface area contributed by atoms with Gasteiger partial charge in [0.2, 0.25) is 10.0 Å². The Morgan fingerprint density at radius 3 is 2.48 bits per heavy atom. The molecule has 0 spiro atoms. The van der Waals surface area contributed by atoms with Gasteiger partial charge in [-0.15, -0.1) is 11.3 Å². The highest BCUT2D eigenvalue weighted by atomic mass is 32.2. The van der Waals surface area contributed by atoms with Crippen LogP contribution in [0.1, 0.15) is 41.0 Å². The Bertz CT molecular complexity index is 1030. The number of hydrogen-bond acceptors (Lipinski definition) is 6. The fourth-order valence-electron chi connectivity index (χ4n) is 4.50. The Hall–Kier alpha value is -1.78. The second kappa shape index (κ2) is 10.7. The third kappa shape index (κ3) is 5.84. The van der Waals surface area contributed by atoms with Gasteiger partial charge in [0.25, 0.3) is 5.91 Å². The smallest absolute Gasteiger partial charge is 0.251 e.